The van der Waals surface area contributed by atoms with E-state index in [1.807, 2.05) is 65.6 Å². The predicted molar refractivity (Wildman–Crippen MR) is 128 cm³/mol. The summed E-state index contributed by atoms with van der Waals surface area (Å²) in [5.74, 6) is -1.24. The molecule has 0 saturated carbocycles. The number of nitrogens with two attached hydrogens (primary N) is 1. The smallest absolute Gasteiger partial charge is 0.238 e. The Kier molecular flexibility index (Phi) is 6.90. The molecule has 0 aromatic heterocycles. The Morgan fingerprint density at radius 3 is 2.29 bits per heavy atom. The van der Waals surface area contributed by atoms with Gasteiger partial charge in [-0.3, -0.25) is 9.69 Å². The number of nitrogens with zero attached hydrogens (tertiary/aromatic N) is 2. The van der Waals surface area contributed by atoms with E-state index in [0.717, 1.165) is 23.6 Å². The van der Waals surface area contributed by atoms with Crippen molar-refractivity contribution in [3.05, 3.63) is 107 Å². The molecule has 3 aromatic carbocycles. The van der Waals surface area contributed by atoms with Crippen LogP contribution < -0.4 is 5.32 Å². The van der Waals surface area contributed by atoms with Crippen LogP contribution in [-0.4, -0.2) is 54.7 Å². The van der Waals surface area contributed by atoms with Crippen LogP contribution in [0, 0.1) is 11.6 Å². The lowest BCUT2D eigenvalue weighted by molar-refractivity contribution is -0.686. The van der Waals surface area contributed by atoms with Gasteiger partial charge in [-0.2, -0.15) is 0 Å². The molecule has 0 aliphatic carbocycles. The molecule has 2 saturated heterocycles. The van der Waals surface area contributed by atoms with Gasteiger partial charge in [0.05, 0.1) is 19.8 Å². The molecule has 2 aliphatic heterocycles. The average Bonchev–Trinajstić information content (AvgIpc) is 3.18. The molecule has 0 bridgehead atoms. The lowest BCUT2D eigenvalue weighted by Crippen LogP contribution is -2.96. The van der Waals surface area contributed by atoms with Crippen molar-refractivity contribution in [2.45, 2.75) is 24.7 Å². The van der Waals surface area contributed by atoms with E-state index in [-0.39, 0.29) is 25.2 Å². The van der Waals surface area contributed by atoms with Crippen molar-refractivity contribution in [2.24, 2.45) is 0 Å². The number of benzene rings is 3. The molecule has 0 radical (unpaired) electrons. The summed E-state index contributed by atoms with van der Waals surface area (Å²) >= 11 is 0. The maximum Gasteiger partial charge on any atom is 0.238 e. The standard InChI is InChI=1S/C28H29F2N3O2/c29-24-13-23(14-25(30)15-24)28(20-35-12-11-21-7-3-1-4-8-21)19-31-16-26-32(27(34)18-33(26)28)17-22-9-5-2-6-10-22/h1-10,13-15,26,31H,11-12,16-20H2/p+1. The van der Waals surface area contributed by atoms with Gasteiger partial charge in [-0.25, -0.2) is 8.78 Å². The van der Waals surface area contributed by atoms with Crippen LogP contribution in [0.1, 0.15) is 16.7 Å². The maximum atomic E-state index is 14.4. The average molecular weight is 479 g/mol. The molecule has 1 amide bonds. The van der Waals surface area contributed by atoms with Crippen LogP contribution >= 0.6 is 0 Å². The van der Waals surface area contributed by atoms with Crippen LogP contribution in [0.5, 0.6) is 0 Å². The molecule has 182 valence electrons. The maximum absolute atomic E-state index is 14.4. The summed E-state index contributed by atoms with van der Waals surface area (Å²) in [6, 6.07) is 23.6. The van der Waals surface area contributed by atoms with Crippen molar-refractivity contribution < 1.29 is 23.6 Å². The van der Waals surface area contributed by atoms with Gasteiger partial charge in [0.25, 0.3) is 0 Å². The second-order valence-corrected chi connectivity index (χ2v) is 9.32. The zero-order chi connectivity index (χ0) is 24.3. The van der Waals surface area contributed by atoms with Crippen LogP contribution in [0.4, 0.5) is 8.78 Å². The Bertz CT molecular complexity index is 1140. The largest absolute Gasteiger partial charge is 0.379 e. The minimum atomic E-state index is -0.830. The van der Waals surface area contributed by atoms with E-state index in [1.165, 1.54) is 12.1 Å². The first kappa shape index (κ1) is 23.6. The van der Waals surface area contributed by atoms with Crippen molar-refractivity contribution in [2.75, 3.05) is 32.8 Å². The van der Waals surface area contributed by atoms with Gasteiger partial charge in [-0.15, -0.1) is 0 Å². The van der Waals surface area contributed by atoms with Crippen LogP contribution in [0.25, 0.3) is 0 Å². The number of amides is 1. The Balaban J connectivity index is 1.42. The third-order valence-electron chi connectivity index (χ3n) is 7.07. The number of carbonyl (C=O) groups is 1. The normalized spacial score (nSPS) is 22.4. The highest BCUT2D eigenvalue weighted by molar-refractivity contribution is 5.81. The number of fused-ring (bicyclic) bond motifs is 1. The molecule has 35 heavy (non-hydrogen) atoms. The summed E-state index contributed by atoms with van der Waals surface area (Å²) in [6.07, 6.45) is 0.543. The highest BCUT2D eigenvalue weighted by Gasteiger charge is 2.54. The van der Waals surface area contributed by atoms with E-state index in [9.17, 15) is 13.6 Å². The summed E-state index contributed by atoms with van der Waals surface area (Å²) in [6.45, 7) is 2.64. The van der Waals surface area contributed by atoms with Crippen molar-refractivity contribution in [1.82, 2.24) is 9.80 Å². The molecule has 5 rings (SSSR count). The number of carbonyl (C=O) groups excluding carboxylic acids is 1. The second kappa shape index (κ2) is 10.2. The number of hydrogen-bond acceptors (Lipinski definition) is 3. The lowest BCUT2D eigenvalue weighted by atomic mass is 9.86. The van der Waals surface area contributed by atoms with Gasteiger partial charge in [0, 0.05) is 12.6 Å². The molecule has 2 heterocycles. The Hall–Kier alpha value is -3.13. The molecule has 3 aromatic rings. The highest BCUT2D eigenvalue weighted by Crippen LogP contribution is 2.36. The second-order valence-electron chi connectivity index (χ2n) is 9.32. The molecule has 2 N–H and O–H groups in total. The predicted octanol–water partition coefficient (Wildman–Crippen LogP) is 2.67. The summed E-state index contributed by atoms with van der Waals surface area (Å²) in [5, 5.41) is 2.13. The van der Waals surface area contributed by atoms with Crippen LogP contribution in [-0.2, 0) is 28.0 Å². The Labute approximate surface area is 204 Å². The van der Waals surface area contributed by atoms with E-state index in [1.54, 1.807) is 0 Å². The Morgan fingerprint density at radius 1 is 0.943 bits per heavy atom. The van der Waals surface area contributed by atoms with Crippen LogP contribution in [0.3, 0.4) is 0 Å². The minimum Gasteiger partial charge on any atom is -0.379 e. The zero-order valence-corrected chi connectivity index (χ0v) is 19.6. The van der Waals surface area contributed by atoms with Crippen LogP contribution in [0.2, 0.25) is 0 Å². The molecule has 5 nitrogen and oxygen atoms in total. The first-order valence-corrected chi connectivity index (χ1v) is 12.1. The quantitative estimate of drug-likeness (QED) is 0.507. The monoisotopic (exact) mass is 478 g/mol. The molecular formula is C28H30F2N3O2+. The number of rotatable bonds is 8. The highest BCUT2D eigenvalue weighted by atomic mass is 19.1. The number of halogens is 2. The fraction of sp³-hybridized carbons (Fsp3) is 0.321. The van der Waals surface area contributed by atoms with Crippen molar-refractivity contribution in [1.29, 1.82) is 0 Å². The molecular weight excluding hydrogens is 448 g/mol. The van der Waals surface area contributed by atoms with Gasteiger partial charge in [0.15, 0.2) is 0 Å². The first-order valence-electron chi connectivity index (χ1n) is 12.1. The topological polar surface area (TPSA) is 49.4 Å². The third kappa shape index (κ3) is 4.98. The van der Waals surface area contributed by atoms with Crippen molar-refractivity contribution >= 4 is 5.91 Å². The molecule has 2 fully saturated rings. The number of quaternary nitrogens is 1. The van der Waals surface area contributed by atoms with Gasteiger partial charge >= 0.3 is 0 Å². The lowest BCUT2D eigenvalue weighted by Gasteiger charge is -2.47. The number of ether oxygens (including phenoxy) is 1. The molecule has 0 spiro atoms. The Morgan fingerprint density at radius 2 is 1.60 bits per heavy atom. The van der Waals surface area contributed by atoms with E-state index in [4.69, 9.17) is 4.74 Å². The summed E-state index contributed by atoms with van der Waals surface area (Å²) in [5.41, 5.74) is 1.89. The minimum absolute atomic E-state index is 0.0136. The molecule has 7 heteroatoms. The number of hydrogen-bond donors (Lipinski definition) is 1. The van der Waals surface area contributed by atoms with Crippen LogP contribution in [0.15, 0.2) is 78.9 Å². The van der Waals surface area contributed by atoms with Gasteiger partial charge in [-0.05, 0) is 35.2 Å². The summed E-state index contributed by atoms with van der Waals surface area (Å²) in [7, 11) is 0. The molecule has 2 atom stereocenters. The third-order valence-corrected chi connectivity index (χ3v) is 7.07. The zero-order valence-electron chi connectivity index (χ0n) is 19.6. The van der Waals surface area contributed by atoms with E-state index in [2.05, 4.69) is 10.2 Å². The fourth-order valence-corrected chi connectivity index (χ4v) is 5.34. The van der Waals surface area contributed by atoms with Gasteiger partial charge in [0.2, 0.25) is 5.91 Å². The summed E-state index contributed by atoms with van der Waals surface area (Å²) in [4.78, 5) is 17.2. The van der Waals surface area contributed by atoms with Crippen molar-refractivity contribution in [3.63, 3.8) is 0 Å². The fourth-order valence-electron chi connectivity index (χ4n) is 5.34. The van der Waals surface area contributed by atoms with Gasteiger partial charge in [0.1, 0.15) is 36.4 Å². The van der Waals surface area contributed by atoms with Gasteiger partial charge < -0.3 is 15.0 Å². The van der Waals surface area contributed by atoms with E-state index >= 15 is 0 Å². The number of piperazine rings is 1. The SMILES string of the molecule is O=C1CN2C(C[NH2+]CC2(COCCc2ccccc2)c2cc(F)cc(F)c2)N1Cc1ccccc1. The van der Waals surface area contributed by atoms with Gasteiger partial charge in [-0.1, -0.05) is 60.7 Å². The molecule has 2 aliphatic rings. The first-order chi connectivity index (χ1) is 17.0. The van der Waals surface area contributed by atoms with Crippen molar-refractivity contribution in [3.8, 4) is 0 Å². The molecule has 2 unspecified atom stereocenters. The van der Waals surface area contributed by atoms with E-state index < -0.39 is 17.2 Å². The summed E-state index contributed by atoms with van der Waals surface area (Å²) < 4.78 is 34.9. The van der Waals surface area contributed by atoms with E-state index in [0.29, 0.717) is 31.8 Å².